The monoisotopic (exact) mass is 434 g/mol. The van der Waals surface area contributed by atoms with Gasteiger partial charge in [0.15, 0.2) is 0 Å². The van der Waals surface area contributed by atoms with Crippen molar-refractivity contribution in [2.75, 3.05) is 0 Å². The van der Waals surface area contributed by atoms with E-state index < -0.39 is 20.9 Å². The van der Waals surface area contributed by atoms with Crippen LogP contribution in [0.5, 0.6) is 0 Å². The first-order valence-electron chi connectivity index (χ1n) is 8.65. The third-order valence-corrected chi connectivity index (χ3v) is 7.52. The first kappa shape index (κ1) is 18.5. The summed E-state index contributed by atoms with van der Waals surface area (Å²) in [7, 11) is 0. The first-order valence-corrected chi connectivity index (χ1v) is 11.0. The molecular formula is C18H32N4Te+2. The molecule has 23 heavy (non-hydrogen) atoms. The van der Waals surface area contributed by atoms with Crippen LogP contribution in [0.3, 0.4) is 0 Å². The SMILES string of the molecule is CC(C)n1cc[n+](C(C)C)c1[Te]c1n(C(C)C)cc[n+]1C(C)C. The molecular weight excluding hydrogens is 400 g/mol. The Kier molecular flexibility index (Phi) is 5.97. The van der Waals surface area contributed by atoms with Crippen molar-refractivity contribution < 1.29 is 9.13 Å². The van der Waals surface area contributed by atoms with E-state index in [4.69, 9.17) is 0 Å². The summed E-state index contributed by atoms with van der Waals surface area (Å²) in [6.45, 7) is 18.2. The molecule has 128 valence electrons. The predicted octanol–water partition coefficient (Wildman–Crippen LogP) is 1.84. The van der Waals surface area contributed by atoms with E-state index in [0.29, 0.717) is 24.2 Å². The van der Waals surface area contributed by atoms with Gasteiger partial charge in [0.05, 0.1) is 0 Å². The second-order valence-electron chi connectivity index (χ2n) is 7.27. The fraction of sp³-hybridized carbons (Fsp3) is 0.667. The van der Waals surface area contributed by atoms with Gasteiger partial charge < -0.3 is 0 Å². The number of rotatable bonds is 6. The molecule has 0 aliphatic carbocycles. The van der Waals surface area contributed by atoms with Crippen LogP contribution in [0.15, 0.2) is 24.8 Å². The standard InChI is InChI=1S/C18H32N4Te/c1-13(2)19-9-10-20(14(3)4)17(19)23-18-21(15(5)6)11-12-22(18)16(7)8/h9-16H,1-8H3/q+2. The van der Waals surface area contributed by atoms with E-state index in [-0.39, 0.29) is 0 Å². The Labute approximate surface area is 151 Å². The molecule has 0 spiro atoms. The Morgan fingerprint density at radius 3 is 1.30 bits per heavy atom. The molecule has 0 atom stereocenters. The van der Waals surface area contributed by atoms with Crippen molar-refractivity contribution in [3.8, 4) is 0 Å². The van der Waals surface area contributed by atoms with Crippen molar-refractivity contribution in [1.82, 2.24) is 9.13 Å². The maximum absolute atomic E-state index is 2.46. The van der Waals surface area contributed by atoms with Gasteiger partial charge in [0.25, 0.3) is 0 Å². The van der Waals surface area contributed by atoms with E-state index in [1.165, 1.54) is 7.74 Å². The zero-order valence-corrected chi connectivity index (χ0v) is 18.1. The zero-order valence-electron chi connectivity index (χ0n) is 15.8. The van der Waals surface area contributed by atoms with E-state index in [2.05, 4.69) is 98.4 Å². The van der Waals surface area contributed by atoms with E-state index in [9.17, 15) is 0 Å². The summed E-state index contributed by atoms with van der Waals surface area (Å²) in [4.78, 5) is 0. The van der Waals surface area contributed by atoms with Crippen LogP contribution in [0.1, 0.15) is 79.6 Å². The van der Waals surface area contributed by atoms with Gasteiger partial charge in [-0.1, -0.05) is 0 Å². The zero-order chi connectivity index (χ0) is 17.3. The van der Waals surface area contributed by atoms with Crippen LogP contribution in [-0.4, -0.2) is 30.1 Å². The molecule has 2 rings (SSSR count). The minimum atomic E-state index is -0.486. The summed E-state index contributed by atoms with van der Waals surface area (Å²) >= 11 is -0.486. The van der Waals surface area contributed by atoms with Crippen molar-refractivity contribution in [2.45, 2.75) is 79.6 Å². The van der Waals surface area contributed by atoms with Crippen LogP contribution in [0, 0.1) is 0 Å². The van der Waals surface area contributed by atoms with Gasteiger partial charge in [-0.25, -0.2) is 0 Å². The van der Waals surface area contributed by atoms with E-state index in [1.807, 2.05) is 0 Å². The molecule has 2 heterocycles. The van der Waals surface area contributed by atoms with Gasteiger partial charge in [-0.05, 0) is 0 Å². The minimum absolute atomic E-state index is 0.486. The molecule has 0 aromatic carbocycles. The number of hydrogen-bond acceptors (Lipinski definition) is 0. The molecule has 4 nitrogen and oxygen atoms in total. The Morgan fingerprint density at radius 1 is 0.696 bits per heavy atom. The van der Waals surface area contributed by atoms with Gasteiger partial charge in [0.1, 0.15) is 0 Å². The molecule has 0 fully saturated rings. The van der Waals surface area contributed by atoms with Crippen LogP contribution in [0.2, 0.25) is 0 Å². The number of hydrogen-bond donors (Lipinski definition) is 0. The summed E-state index contributed by atoms with van der Waals surface area (Å²) < 4.78 is 12.9. The Hall–Kier alpha value is -0.790. The summed E-state index contributed by atoms with van der Waals surface area (Å²) in [6, 6.07) is 2.02. The molecule has 5 heteroatoms. The van der Waals surface area contributed by atoms with Crippen LogP contribution in [-0.2, 0) is 0 Å². The van der Waals surface area contributed by atoms with Crippen LogP contribution >= 0.6 is 0 Å². The summed E-state index contributed by atoms with van der Waals surface area (Å²) in [5, 5.41) is 0. The summed E-state index contributed by atoms with van der Waals surface area (Å²) in [6.07, 6.45) is 9.03. The third kappa shape index (κ3) is 3.83. The maximum atomic E-state index is 2.46. The van der Waals surface area contributed by atoms with Gasteiger partial charge in [-0.3, -0.25) is 0 Å². The van der Waals surface area contributed by atoms with Crippen molar-refractivity contribution in [2.24, 2.45) is 0 Å². The Bertz CT molecular complexity index is 543. The summed E-state index contributed by atoms with van der Waals surface area (Å²) in [5.74, 6) is 0. The topological polar surface area (TPSA) is 17.6 Å². The summed E-state index contributed by atoms with van der Waals surface area (Å²) in [5.41, 5.74) is 0. The molecule has 0 N–H and O–H groups in total. The molecule has 0 saturated carbocycles. The fourth-order valence-corrected chi connectivity index (χ4v) is 7.44. The van der Waals surface area contributed by atoms with Crippen LogP contribution in [0.25, 0.3) is 0 Å². The first-order chi connectivity index (χ1) is 10.7. The van der Waals surface area contributed by atoms with Gasteiger partial charge in [0.2, 0.25) is 0 Å². The average molecular weight is 432 g/mol. The van der Waals surface area contributed by atoms with Gasteiger partial charge in [-0.15, -0.1) is 0 Å². The molecule has 2 aromatic rings. The molecule has 0 amide bonds. The molecule has 0 unspecified atom stereocenters. The number of aromatic nitrogens is 4. The normalized spacial score (nSPS) is 12.3. The third-order valence-electron chi connectivity index (χ3n) is 4.07. The van der Waals surface area contributed by atoms with Crippen molar-refractivity contribution >= 4 is 28.7 Å². The van der Waals surface area contributed by atoms with Crippen LogP contribution in [0.4, 0.5) is 0 Å². The Balaban J connectivity index is 2.54. The van der Waals surface area contributed by atoms with E-state index in [0.717, 1.165) is 0 Å². The second-order valence-corrected chi connectivity index (χ2v) is 9.93. The number of imidazole rings is 2. The van der Waals surface area contributed by atoms with Crippen molar-refractivity contribution in [3.05, 3.63) is 24.8 Å². The molecule has 2 aromatic heterocycles. The van der Waals surface area contributed by atoms with Gasteiger partial charge in [0, 0.05) is 0 Å². The molecule has 0 aliphatic rings. The van der Waals surface area contributed by atoms with Crippen molar-refractivity contribution in [1.29, 1.82) is 0 Å². The van der Waals surface area contributed by atoms with E-state index >= 15 is 0 Å². The second kappa shape index (κ2) is 7.40. The van der Waals surface area contributed by atoms with Gasteiger partial charge >= 0.3 is 151 Å². The molecule has 0 bridgehead atoms. The quantitative estimate of drug-likeness (QED) is 0.490. The van der Waals surface area contributed by atoms with E-state index in [1.54, 1.807) is 0 Å². The van der Waals surface area contributed by atoms with Crippen LogP contribution < -0.4 is 16.9 Å². The molecule has 0 saturated heterocycles. The Morgan fingerprint density at radius 2 is 1.04 bits per heavy atom. The average Bonchev–Trinajstić information content (AvgIpc) is 3.02. The van der Waals surface area contributed by atoms with Gasteiger partial charge in [-0.2, -0.15) is 0 Å². The molecule has 0 aliphatic heterocycles. The van der Waals surface area contributed by atoms with Crippen molar-refractivity contribution in [3.63, 3.8) is 0 Å². The molecule has 0 radical (unpaired) electrons. The predicted molar refractivity (Wildman–Crippen MR) is 95.8 cm³/mol. The fourth-order valence-electron chi connectivity index (χ4n) is 2.67. The number of nitrogens with zero attached hydrogens (tertiary/aromatic N) is 4.